The minimum absolute atomic E-state index is 0.0418. The Hall–Kier alpha value is -3.24. The van der Waals surface area contributed by atoms with Gasteiger partial charge in [0.1, 0.15) is 177 Å². The van der Waals surface area contributed by atoms with Gasteiger partial charge in [0.2, 0.25) is 0 Å². The molecule has 9 heterocycles. The summed E-state index contributed by atoms with van der Waals surface area (Å²) in [6, 6.07) is 18.3. The first-order valence-corrected chi connectivity index (χ1v) is 37.4. The van der Waals surface area contributed by atoms with Crippen molar-refractivity contribution in [3.05, 3.63) is 71.8 Å². The van der Waals surface area contributed by atoms with E-state index < -0.39 is 311 Å². The van der Waals surface area contributed by atoms with E-state index in [-0.39, 0.29) is 32.7 Å². The molecule has 9 aliphatic heterocycles. The highest BCUT2D eigenvalue weighted by molar-refractivity contribution is 5.16. The molecular formula is C70H110N2O40. The van der Waals surface area contributed by atoms with E-state index in [9.17, 15) is 117 Å². The summed E-state index contributed by atoms with van der Waals surface area (Å²) >= 11 is 0. The number of benzene rings is 2. The van der Waals surface area contributed by atoms with Gasteiger partial charge in [0, 0.05) is 39.3 Å². The molecule has 42 heteroatoms. The third-order valence-electron chi connectivity index (χ3n) is 21.5. The van der Waals surface area contributed by atoms with E-state index in [1.807, 2.05) is 47.4 Å². The first kappa shape index (κ1) is 89.5. The van der Waals surface area contributed by atoms with Gasteiger partial charge in [-0.15, -0.1) is 0 Å². The third-order valence-corrected chi connectivity index (χ3v) is 21.5. The number of β-amino-alcohol motifs (C(OH)–C–C–N with tert-alkyl or cyclic N) is 1. The zero-order valence-corrected chi connectivity index (χ0v) is 61.2. The SMILES string of the molecule is CC(C)C1OC(CO)C(O)C(OC2OC(CO)C(O)C(OC3OC(CO)C(O)C(OC4OC(COC5OC(CO)C(O)C(OC6OC(CO)C(O)C(OC7CN(Cc8ccccc8)CC(CO)O7)C6O)C5O)C(O)C(OC5OC(CO)C(O)C(OC6O[C@H](CO)CN(Cc7ccccc7)C[C@H]6O)C5O)C4O)C3O)C2O)C1O. The Morgan fingerprint density at radius 2 is 0.598 bits per heavy atom. The average molecular weight is 1620 g/mol. The van der Waals surface area contributed by atoms with Gasteiger partial charge in [-0.2, -0.15) is 0 Å². The van der Waals surface area contributed by atoms with Crippen molar-refractivity contribution in [2.75, 3.05) is 85.6 Å². The molecule has 0 saturated carbocycles. The molecule has 9 aliphatic rings. The normalized spacial score (nSPS) is 46.3. The predicted molar refractivity (Wildman–Crippen MR) is 363 cm³/mol. The number of aliphatic hydroxyl groups is 23. The minimum Gasteiger partial charge on any atom is -0.394 e. The summed E-state index contributed by atoms with van der Waals surface area (Å²) in [6.07, 6.45) is -75.6. The van der Waals surface area contributed by atoms with Gasteiger partial charge in [-0.05, 0) is 17.0 Å². The van der Waals surface area contributed by atoms with E-state index in [1.54, 1.807) is 36.9 Å². The maximum atomic E-state index is 12.5. The van der Waals surface area contributed by atoms with Crippen LogP contribution in [0.4, 0.5) is 0 Å². The van der Waals surface area contributed by atoms with E-state index in [1.165, 1.54) is 0 Å². The van der Waals surface area contributed by atoms with Crippen molar-refractivity contribution in [2.24, 2.45) is 5.92 Å². The van der Waals surface area contributed by atoms with Crippen molar-refractivity contribution in [1.29, 1.82) is 0 Å². The van der Waals surface area contributed by atoms with Crippen LogP contribution in [-0.2, 0) is 93.6 Å². The second kappa shape index (κ2) is 40.7. The lowest BCUT2D eigenvalue weighted by atomic mass is 9.89. The maximum Gasteiger partial charge on any atom is 0.187 e. The van der Waals surface area contributed by atoms with E-state index in [2.05, 4.69) is 0 Å². The monoisotopic (exact) mass is 1620 g/mol. The van der Waals surface area contributed by atoms with Crippen LogP contribution in [0.2, 0.25) is 0 Å². The Labute approximate surface area is 641 Å². The number of rotatable bonds is 30. The Kier molecular flexibility index (Phi) is 32.5. The lowest BCUT2D eigenvalue weighted by Gasteiger charge is -2.50. The molecule has 11 rings (SSSR count). The van der Waals surface area contributed by atoms with Crippen LogP contribution in [0, 0.1) is 5.92 Å². The fourth-order valence-electron chi connectivity index (χ4n) is 15.3. The lowest BCUT2D eigenvalue weighted by molar-refractivity contribution is -0.399. The van der Waals surface area contributed by atoms with Crippen LogP contribution < -0.4 is 0 Å². The second-order valence-electron chi connectivity index (χ2n) is 29.7. The van der Waals surface area contributed by atoms with Gasteiger partial charge in [0.05, 0.1) is 77.8 Å². The van der Waals surface area contributed by atoms with Crippen LogP contribution in [0.1, 0.15) is 25.0 Å². The molecule has 2 aromatic carbocycles. The molecule has 0 radical (unpaired) electrons. The van der Waals surface area contributed by atoms with Crippen LogP contribution >= 0.6 is 0 Å². The summed E-state index contributed by atoms with van der Waals surface area (Å²) in [4.78, 5) is 3.65. The minimum atomic E-state index is -2.45. The van der Waals surface area contributed by atoms with Crippen LogP contribution in [0.5, 0.6) is 0 Å². The number of hydrogen-bond acceptors (Lipinski definition) is 42. The van der Waals surface area contributed by atoms with E-state index in [4.69, 9.17) is 80.5 Å². The van der Waals surface area contributed by atoms with Crippen LogP contribution in [0.25, 0.3) is 0 Å². The zero-order valence-electron chi connectivity index (χ0n) is 61.2. The summed E-state index contributed by atoms with van der Waals surface area (Å²) in [5, 5.41) is 261. The Morgan fingerprint density at radius 3 is 0.955 bits per heavy atom. The number of aliphatic hydroxyl groups excluding tert-OH is 23. The molecule has 0 aromatic heterocycles. The van der Waals surface area contributed by atoms with Crippen molar-refractivity contribution in [1.82, 2.24) is 9.80 Å². The molecule has 112 heavy (non-hydrogen) atoms. The van der Waals surface area contributed by atoms with Crippen molar-refractivity contribution in [3.63, 3.8) is 0 Å². The fourth-order valence-corrected chi connectivity index (χ4v) is 15.3. The summed E-state index contributed by atoms with van der Waals surface area (Å²) in [7, 11) is 0. The number of hydrogen-bond donors (Lipinski definition) is 23. The summed E-state index contributed by atoms with van der Waals surface area (Å²) in [6.45, 7) is -3.83. The highest BCUT2D eigenvalue weighted by Gasteiger charge is 2.60. The molecule has 40 atom stereocenters. The first-order valence-electron chi connectivity index (χ1n) is 37.4. The maximum absolute atomic E-state index is 12.5. The summed E-state index contributed by atoms with van der Waals surface area (Å²) < 4.78 is 101. The molecule has 2 aromatic rings. The molecular weight excluding hydrogens is 1510 g/mol. The van der Waals surface area contributed by atoms with Gasteiger partial charge in [0.15, 0.2) is 50.3 Å². The highest BCUT2D eigenvalue weighted by atomic mass is 16.8. The topological polar surface area (TPSA) is 629 Å². The predicted octanol–water partition coefficient (Wildman–Crippen LogP) is -12.7. The zero-order chi connectivity index (χ0) is 80.7. The average Bonchev–Trinajstić information content (AvgIpc) is 0.951. The molecule has 23 N–H and O–H groups in total. The quantitative estimate of drug-likeness (QED) is 0.0345. The Morgan fingerprint density at radius 1 is 0.304 bits per heavy atom. The molecule has 640 valence electrons. The Bertz CT molecular complexity index is 3090. The molecule has 9 saturated heterocycles. The van der Waals surface area contributed by atoms with Crippen molar-refractivity contribution in [3.8, 4) is 0 Å². The van der Waals surface area contributed by atoms with Crippen molar-refractivity contribution in [2.45, 2.75) is 273 Å². The lowest BCUT2D eigenvalue weighted by Crippen LogP contribution is -2.68. The molecule has 0 aliphatic carbocycles. The molecule has 0 amide bonds. The molecule has 0 bridgehead atoms. The summed E-state index contributed by atoms with van der Waals surface area (Å²) in [5.41, 5.74) is 1.74. The van der Waals surface area contributed by atoms with Crippen LogP contribution in [0.3, 0.4) is 0 Å². The highest BCUT2D eigenvalue weighted by Crippen LogP contribution is 2.40. The molecule has 0 spiro atoms. The molecule has 38 unspecified atom stereocenters. The Balaban J connectivity index is 0.846. The van der Waals surface area contributed by atoms with E-state index in [0.29, 0.717) is 6.54 Å². The fraction of sp³-hybridized carbons (Fsp3) is 0.829. The standard InChI is InChI=1S/C70H110N2O40/c1-28(2)56-49(89)57(42(82)34(21-75)99-56)108-67-53(93)61(46(86)38(25-79)102-67)110-69-54(94)62(47(87)39(26-80)104-69)111-70-55(95)63(112-68-52(92)60(45(85)37(24-78)103-68)107-64-33(81)17-71(16-32(20-74)98-64)13-29-9-5-3-6-10-29)48(88)40(105-70)27-96-65-50(90)59(44(84)35(22-76)100-65)109-66-51(91)58(43(83)36(23-77)101-66)106-41-18-72(15-31(19-73)97-41)14-30-11-7-4-8-12-30/h3-12,28,31-70,73-95H,13-27H2,1-2H3/t31?,32-,33+,34?,35?,36?,37?,38?,39?,40?,41?,42?,43?,44?,45?,46?,47?,48?,49?,50?,51?,52?,53?,54?,55?,56?,57?,58?,59?,60?,61?,62?,63?,64?,65?,66?,67?,68?,69?,70?/m0/s1. The van der Waals surface area contributed by atoms with Gasteiger partial charge in [-0.25, -0.2) is 0 Å². The van der Waals surface area contributed by atoms with Gasteiger partial charge in [-0.1, -0.05) is 74.5 Å². The summed E-state index contributed by atoms with van der Waals surface area (Å²) in [5.74, 6) is -0.440. The van der Waals surface area contributed by atoms with Gasteiger partial charge in [0.25, 0.3) is 0 Å². The first-order chi connectivity index (χ1) is 53.7. The molecule has 42 nitrogen and oxygen atoms in total. The number of morpholine rings is 1. The van der Waals surface area contributed by atoms with Crippen LogP contribution in [0.15, 0.2) is 60.7 Å². The van der Waals surface area contributed by atoms with Crippen molar-refractivity contribution >= 4 is 0 Å². The number of nitrogens with zero attached hydrogens (tertiary/aromatic N) is 2. The number of ether oxygens (including phenoxy) is 17. The largest absolute Gasteiger partial charge is 0.394 e. The third kappa shape index (κ3) is 20.4. The van der Waals surface area contributed by atoms with Crippen LogP contribution in [-0.4, -0.2) is 459 Å². The molecule has 9 fully saturated rings. The van der Waals surface area contributed by atoms with Gasteiger partial charge < -0.3 is 198 Å². The van der Waals surface area contributed by atoms with Gasteiger partial charge >= 0.3 is 0 Å². The van der Waals surface area contributed by atoms with E-state index in [0.717, 1.165) is 11.1 Å². The van der Waals surface area contributed by atoms with Crippen molar-refractivity contribution < 1.29 is 198 Å². The second-order valence-corrected chi connectivity index (χ2v) is 29.7. The van der Waals surface area contributed by atoms with E-state index >= 15 is 0 Å². The van der Waals surface area contributed by atoms with Gasteiger partial charge in [-0.3, -0.25) is 9.80 Å². The smallest absolute Gasteiger partial charge is 0.187 e.